The van der Waals surface area contributed by atoms with Crippen molar-refractivity contribution < 1.29 is 8.78 Å². The van der Waals surface area contributed by atoms with Gasteiger partial charge in [-0.3, -0.25) is 0 Å². The summed E-state index contributed by atoms with van der Waals surface area (Å²) in [5.74, 6) is -0.391. The van der Waals surface area contributed by atoms with Crippen molar-refractivity contribution >= 4 is 12.4 Å². The van der Waals surface area contributed by atoms with Gasteiger partial charge in [0.25, 0.3) is 0 Å². The molecule has 0 unspecified atom stereocenters. The molecule has 2 atom stereocenters. The van der Waals surface area contributed by atoms with Crippen LogP contribution >= 0.6 is 12.4 Å². The Morgan fingerprint density at radius 2 is 1.83 bits per heavy atom. The van der Waals surface area contributed by atoms with Crippen LogP contribution in [0.25, 0.3) is 0 Å². The quantitative estimate of drug-likeness (QED) is 0.737. The van der Waals surface area contributed by atoms with Crippen molar-refractivity contribution in [1.29, 1.82) is 0 Å². The van der Waals surface area contributed by atoms with Crippen LogP contribution < -0.4 is 5.32 Å². The molecule has 0 amide bonds. The maximum atomic E-state index is 12.1. The summed E-state index contributed by atoms with van der Waals surface area (Å²) in [5, 5.41) is 3.13. The first kappa shape index (κ1) is 12.1. The largest absolute Gasteiger partial charge is 0.311 e. The lowest BCUT2D eigenvalue weighted by Crippen LogP contribution is -2.49. The summed E-state index contributed by atoms with van der Waals surface area (Å²) in [4.78, 5) is 0. The van der Waals surface area contributed by atoms with Crippen molar-refractivity contribution in [3.05, 3.63) is 0 Å². The van der Waals surface area contributed by atoms with Gasteiger partial charge in [0.1, 0.15) is 0 Å². The van der Waals surface area contributed by atoms with Crippen molar-refractivity contribution in [3.63, 3.8) is 0 Å². The first-order chi connectivity index (χ1) is 5.11. The smallest absolute Gasteiger partial charge is 0.242 e. The predicted molar refractivity (Wildman–Crippen MR) is 48.0 cm³/mol. The predicted octanol–water partition coefficient (Wildman–Crippen LogP) is 2.45. The van der Waals surface area contributed by atoms with E-state index in [9.17, 15) is 8.78 Å². The molecule has 0 bridgehead atoms. The lowest BCUT2D eigenvalue weighted by atomic mass is 9.79. The minimum atomic E-state index is -2.14. The zero-order chi connectivity index (χ0) is 8.43. The molecule has 1 aliphatic carbocycles. The van der Waals surface area contributed by atoms with E-state index < -0.39 is 12.3 Å². The van der Waals surface area contributed by atoms with Crippen LogP contribution in [-0.2, 0) is 0 Å². The third-order valence-electron chi connectivity index (χ3n) is 2.20. The van der Waals surface area contributed by atoms with Gasteiger partial charge in [-0.05, 0) is 12.8 Å². The van der Waals surface area contributed by atoms with Crippen LogP contribution in [-0.4, -0.2) is 18.5 Å². The third-order valence-corrected chi connectivity index (χ3v) is 2.20. The maximum absolute atomic E-state index is 12.1. The molecule has 74 valence electrons. The highest BCUT2D eigenvalue weighted by Gasteiger charge is 2.37. The lowest BCUT2D eigenvalue weighted by molar-refractivity contribution is 0.00510. The summed E-state index contributed by atoms with van der Waals surface area (Å²) in [6.45, 7) is 3.97. The van der Waals surface area contributed by atoms with E-state index >= 15 is 0 Å². The van der Waals surface area contributed by atoms with Gasteiger partial charge in [-0.25, -0.2) is 8.78 Å². The summed E-state index contributed by atoms with van der Waals surface area (Å²) in [7, 11) is 0. The van der Waals surface area contributed by atoms with Gasteiger partial charge in [0.15, 0.2) is 0 Å². The van der Waals surface area contributed by atoms with Crippen molar-refractivity contribution in [2.75, 3.05) is 0 Å². The summed E-state index contributed by atoms with van der Waals surface area (Å²) >= 11 is 0. The number of halogens is 3. The number of hydrogen-bond donors (Lipinski definition) is 1. The first-order valence-electron chi connectivity index (χ1n) is 4.15. The minimum Gasteiger partial charge on any atom is -0.311 e. The van der Waals surface area contributed by atoms with Gasteiger partial charge in [-0.1, -0.05) is 13.8 Å². The van der Waals surface area contributed by atoms with Gasteiger partial charge in [0.05, 0.1) is 0 Å². The van der Waals surface area contributed by atoms with Crippen LogP contribution in [0, 0.1) is 5.92 Å². The van der Waals surface area contributed by atoms with E-state index in [1.54, 1.807) is 0 Å². The monoisotopic (exact) mass is 199 g/mol. The van der Waals surface area contributed by atoms with Gasteiger partial charge in [-0.2, -0.15) is 0 Å². The second-order valence-corrected chi connectivity index (χ2v) is 3.50. The molecule has 0 aromatic heterocycles. The van der Waals surface area contributed by atoms with Gasteiger partial charge in [-0.15, -0.1) is 12.4 Å². The molecule has 0 aliphatic heterocycles. The fourth-order valence-electron chi connectivity index (χ4n) is 1.46. The molecule has 0 radical (unpaired) electrons. The average Bonchev–Trinajstić information content (AvgIpc) is 1.78. The summed E-state index contributed by atoms with van der Waals surface area (Å²) in [5.41, 5.74) is 0. The standard InChI is InChI=1S/C8H15F2N.ClH/c1-5(2)11-7-4-3-6(7)8(9)10;/h5-8,11H,3-4H2,1-2H3;1H/t6-,7-;/m1./s1. The van der Waals surface area contributed by atoms with Crippen LogP contribution in [0.15, 0.2) is 0 Å². The van der Waals surface area contributed by atoms with E-state index in [-0.39, 0.29) is 18.4 Å². The molecule has 1 N–H and O–H groups in total. The molecule has 0 spiro atoms. The zero-order valence-electron chi connectivity index (χ0n) is 7.39. The van der Waals surface area contributed by atoms with Gasteiger partial charge >= 0.3 is 0 Å². The number of hydrogen-bond acceptors (Lipinski definition) is 1. The topological polar surface area (TPSA) is 12.0 Å². The highest BCUT2D eigenvalue weighted by atomic mass is 35.5. The highest BCUT2D eigenvalue weighted by molar-refractivity contribution is 5.85. The summed E-state index contributed by atoms with van der Waals surface area (Å²) < 4.78 is 24.3. The number of alkyl halides is 2. The molecule has 1 saturated carbocycles. The first-order valence-corrected chi connectivity index (χ1v) is 4.15. The molecule has 0 aromatic rings. The van der Waals surface area contributed by atoms with Crippen LogP contribution in [0.2, 0.25) is 0 Å². The Morgan fingerprint density at radius 3 is 2.08 bits per heavy atom. The fourth-order valence-corrected chi connectivity index (χ4v) is 1.46. The molecule has 0 heterocycles. The van der Waals surface area contributed by atoms with Gasteiger partial charge in [0, 0.05) is 18.0 Å². The normalized spacial score (nSPS) is 28.5. The van der Waals surface area contributed by atoms with Crippen molar-refractivity contribution in [3.8, 4) is 0 Å². The van der Waals surface area contributed by atoms with Crippen molar-refractivity contribution in [2.45, 2.75) is 45.2 Å². The summed E-state index contributed by atoms with van der Waals surface area (Å²) in [6.07, 6.45) is -0.546. The Labute approximate surface area is 78.3 Å². The van der Waals surface area contributed by atoms with E-state index in [0.717, 1.165) is 6.42 Å². The number of nitrogens with one attached hydrogen (secondary N) is 1. The fraction of sp³-hybridized carbons (Fsp3) is 1.00. The molecule has 1 aliphatic rings. The van der Waals surface area contributed by atoms with Crippen molar-refractivity contribution in [1.82, 2.24) is 5.32 Å². The van der Waals surface area contributed by atoms with E-state index in [2.05, 4.69) is 5.32 Å². The van der Waals surface area contributed by atoms with E-state index in [1.165, 1.54) is 0 Å². The summed E-state index contributed by atoms with van der Waals surface area (Å²) in [6, 6.07) is 0.386. The van der Waals surface area contributed by atoms with Crippen LogP contribution in [0.4, 0.5) is 8.78 Å². The van der Waals surface area contributed by atoms with Crippen molar-refractivity contribution in [2.24, 2.45) is 5.92 Å². The molecule has 4 heteroatoms. The number of rotatable bonds is 3. The minimum absolute atomic E-state index is 0. The Bertz CT molecular complexity index is 130. The zero-order valence-corrected chi connectivity index (χ0v) is 8.20. The molecular weight excluding hydrogens is 184 g/mol. The Hall–Kier alpha value is 0.110. The molecule has 0 saturated heterocycles. The molecule has 1 rings (SSSR count). The van der Waals surface area contributed by atoms with E-state index in [0.29, 0.717) is 12.5 Å². The molecule has 12 heavy (non-hydrogen) atoms. The van der Waals surface area contributed by atoms with Crippen LogP contribution in [0.5, 0.6) is 0 Å². The molecule has 0 aromatic carbocycles. The Balaban J connectivity index is 0.00000121. The van der Waals surface area contributed by atoms with Crippen LogP contribution in [0.3, 0.4) is 0 Å². The molecular formula is C8H16ClF2N. The van der Waals surface area contributed by atoms with Gasteiger partial charge in [0.2, 0.25) is 6.43 Å². The van der Waals surface area contributed by atoms with E-state index in [4.69, 9.17) is 0 Å². The third kappa shape index (κ3) is 2.87. The van der Waals surface area contributed by atoms with Crippen LogP contribution in [0.1, 0.15) is 26.7 Å². The molecule has 1 nitrogen and oxygen atoms in total. The van der Waals surface area contributed by atoms with Gasteiger partial charge < -0.3 is 5.32 Å². The SMILES string of the molecule is CC(C)N[C@@H]1CC[C@H]1C(F)F.Cl. The average molecular weight is 200 g/mol. The lowest BCUT2D eigenvalue weighted by Gasteiger charge is -2.37. The molecule has 1 fully saturated rings. The van der Waals surface area contributed by atoms with E-state index in [1.807, 2.05) is 13.8 Å². The maximum Gasteiger partial charge on any atom is 0.242 e. The second-order valence-electron chi connectivity index (χ2n) is 3.50. The highest BCUT2D eigenvalue weighted by Crippen LogP contribution is 2.32. The Kier molecular flexibility index (Phi) is 5.02. The Morgan fingerprint density at radius 1 is 1.25 bits per heavy atom. The second kappa shape index (κ2) is 4.97.